The van der Waals surface area contributed by atoms with Gasteiger partial charge in [0.15, 0.2) is 0 Å². The van der Waals surface area contributed by atoms with Gasteiger partial charge >= 0.3 is 0 Å². The first kappa shape index (κ1) is 13.7. The fraction of sp³-hybridized carbons (Fsp3) is 0.846. The molecule has 0 saturated heterocycles. The van der Waals surface area contributed by atoms with Crippen molar-refractivity contribution in [3.63, 3.8) is 0 Å². The fourth-order valence-electron chi connectivity index (χ4n) is 2.56. The normalized spacial score (nSPS) is 19.1. The van der Waals surface area contributed by atoms with Gasteiger partial charge in [-0.3, -0.25) is 0 Å². The van der Waals surface area contributed by atoms with Crippen LogP contribution in [-0.2, 0) is 0 Å². The molecule has 0 radical (unpaired) electrons. The van der Waals surface area contributed by atoms with E-state index in [0.717, 1.165) is 24.0 Å². The molecule has 1 heterocycles. The summed E-state index contributed by atoms with van der Waals surface area (Å²) in [6.07, 6.45) is 6.47. The minimum atomic E-state index is 0.280. The van der Waals surface area contributed by atoms with Crippen LogP contribution in [0.3, 0.4) is 0 Å². The van der Waals surface area contributed by atoms with Crippen molar-refractivity contribution in [1.29, 1.82) is 0 Å². The van der Waals surface area contributed by atoms with Gasteiger partial charge in [-0.2, -0.15) is 4.37 Å². The summed E-state index contributed by atoms with van der Waals surface area (Å²) >= 11 is 1.46. The maximum absolute atomic E-state index is 5.98. The van der Waals surface area contributed by atoms with Crippen LogP contribution in [0.2, 0.25) is 0 Å². The second kappa shape index (κ2) is 5.97. The van der Waals surface area contributed by atoms with Gasteiger partial charge in [0.1, 0.15) is 5.82 Å². The van der Waals surface area contributed by atoms with Crippen LogP contribution in [0, 0.1) is 5.41 Å². The highest BCUT2D eigenvalue weighted by Crippen LogP contribution is 2.35. The minimum Gasteiger partial charge on any atom is -0.360 e. The lowest BCUT2D eigenvalue weighted by Crippen LogP contribution is -2.39. The van der Waals surface area contributed by atoms with Crippen molar-refractivity contribution in [3.05, 3.63) is 5.82 Å². The van der Waals surface area contributed by atoms with Gasteiger partial charge < -0.3 is 11.1 Å². The number of aromatic nitrogens is 2. The largest absolute Gasteiger partial charge is 0.360 e. The van der Waals surface area contributed by atoms with Crippen LogP contribution in [0.5, 0.6) is 0 Å². The maximum Gasteiger partial charge on any atom is 0.202 e. The van der Waals surface area contributed by atoms with E-state index < -0.39 is 0 Å². The molecule has 1 aromatic rings. The fourth-order valence-corrected chi connectivity index (χ4v) is 3.26. The highest BCUT2D eigenvalue weighted by Gasteiger charge is 2.30. The SMILES string of the molecule is CC(C)c1nsc(NCC2(CN)CCCCC2)n1. The Labute approximate surface area is 114 Å². The molecule has 0 bridgehead atoms. The lowest BCUT2D eigenvalue weighted by atomic mass is 9.74. The summed E-state index contributed by atoms with van der Waals surface area (Å²) in [4.78, 5) is 4.52. The molecule has 0 atom stereocenters. The number of nitrogens with two attached hydrogens (primary N) is 1. The van der Waals surface area contributed by atoms with Crippen LogP contribution in [0.1, 0.15) is 57.7 Å². The smallest absolute Gasteiger partial charge is 0.202 e. The Balaban J connectivity index is 1.92. The first-order chi connectivity index (χ1) is 8.65. The molecule has 0 aromatic carbocycles. The van der Waals surface area contributed by atoms with Crippen LogP contribution in [-0.4, -0.2) is 22.4 Å². The molecule has 1 fully saturated rings. The Hall–Kier alpha value is -0.680. The predicted octanol–water partition coefficient (Wildman–Crippen LogP) is 2.98. The van der Waals surface area contributed by atoms with Gasteiger partial charge in [0.25, 0.3) is 0 Å². The molecule has 0 aliphatic heterocycles. The third-order valence-electron chi connectivity index (χ3n) is 3.92. The van der Waals surface area contributed by atoms with Crippen molar-refractivity contribution in [2.24, 2.45) is 11.1 Å². The summed E-state index contributed by atoms with van der Waals surface area (Å²) in [7, 11) is 0. The molecule has 0 spiro atoms. The standard InChI is InChI=1S/C13H24N4S/c1-10(2)11-16-12(18-17-11)15-9-13(8-14)6-4-3-5-7-13/h10H,3-9,14H2,1-2H3,(H,15,16,17). The number of hydrogen-bond acceptors (Lipinski definition) is 5. The molecule has 2 rings (SSSR count). The van der Waals surface area contributed by atoms with Crippen molar-refractivity contribution >= 4 is 16.7 Å². The molecule has 0 unspecified atom stereocenters. The summed E-state index contributed by atoms with van der Waals surface area (Å²) in [5, 5.41) is 4.39. The second-order valence-corrected chi connectivity index (χ2v) is 6.48. The Morgan fingerprint density at radius 1 is 1.33 bits per heavy atom. The summed E-state index contributed by atoms with van der Waals surface area (Å²) in [5.74, 6) is 1.34. The Morgan fingerprint density at radius 3 is 2.61 bits per heavy atom. The quantitative estimate of drug-likeness (QED) is 0.861. The lowest BCUT2D eigenvalue weighted by molar-refractivity contribution is 0.215. The van der Waals surface area contributed by atoms with E-state index >= 15 is 0 Å². The predicted molar refractivity (Wildman–Crippen MR) is 77.1 cm³/mol. The molecular formula is C13H24N4S. The lowest BCUT2D eigenvalue weighted by Gasteiger charge is -2.36. The summed E-state index contributed by atoms with van der Waals surface area (Å²) in [6, 6.07) is 0. The first-order valence-electron chi connectivity index (χ1n) is 6.93. The van der Waals surface area contributed by atoms with E-state index in [1.165, 1.54) is 43.6 Å². The molecule has 5 heteroatoms. The van der Waals surface area contributed by atoms with E-state index in [9.17, 15) is 0 Å². The van der Waals surface area contributed by atoms with E-state index in [0.29, 0.717) is 5.92 Å². The highest BCUT2D eigenvalue weighted by atomic mass is 32.1. The average molecular weight is 268 g/mol. The monoisotopic (exact) mass is 268 g/mol. The number of nitrogens with zero attached hydrogens (tertiary/aromatic N) is 2. The zero-order valence-electron chi connectivity index (χ0n) is 11.4. The molecule has 0 amide bonds. The molecular weight excluding hydrogens is 244 g/mol. The van der Waals surface area contributed by atoms with E-state index in [1.807, 2.05) is 0 Å². The molecule has 4 nitrogen and oxygen atoms in total. The van der Waals surface area contributed by atoms with Gasteiger partial charge in [-0.1, -0.05) is 33.1 Å². The van der Waals surface area contributed by atoms with Crippen molar-refractivity contribution < 1.29 is 0 Å². The highest BCUT2D eigenvalue weighted by molar-refractivity contribution is 7.09. The minimum absolute atomic E-state index is 0.280. The van der Waals surface area contributed by atoms with Gasteiger partial charge in [0.05, 0.1) is 0 Å². The topological polar surface area (TPSA) is 63.8 Å². The van der Waals surface area contributed by atoms with Gasteiger partial charge in [0, 0.05) is 24.0 Å². The number of rotatable bonds is 5. The van der Waals surface area contributed by atoms with Gasteiger partial charge in [-0.05, 0) is 24.8 Å². The van der Waals surface area contributed by atoms with E-state index in [2.05, 4.69) is 28.5 Å². The van der Waals surface area contributed by atoms with E-state index in [4.69, 9.17) is 5.73 Å². The number of nitrogens with one attached hydrogen (secondary N) is 1. The van der Waals surface area contributed by atoms with Crippen LogP contribution in [0.4, 0.5) is 5.13 Å². The summed E-state index contributed by atoms with van der Waals surface area (Å²) in [6.45, 7) is 5.95. The van der Waals surface area contributed by atoms with Crippen LogP contribution in [0.25, 0.3) is 0 Å². The van der Waals surface area contributed by atoms with Crippen LogP contribution in [0.15, 0.2) is 0 Å². The van der Waals surface area contributed by atoms with Gasteiger partial charge in [-0.25, -0.2) is 4.98 Å². The van der Waals surface area contributed by atoms with Crippen LogP contribution < -0.4 is 11.1 Å². The second-order valence-electron chi connectivity index (χ2n) is 5.73. The third kappa shape index (κ3) is 3.20. The van der Waals surface area contributed by atoms with Gasteiger partial charge in [0.2, 0.25) is 5.13 Å². The average Bonchev–Trinajstić information content (AvgIpc) is 2.87. The Bertz CT molecular complexity index is 369. The molecule has 1 aliphatic rings. The maximum atomic E-state index is 5.98. The summed E-state index contributed by atoms with van der Waals surface area (Å²) < 4.78 is 4.36. The van der Waals surface area contributed by atoms with Crippen molar-refractivity contribution in [3.8, 4) is 0 Å². The van der Waals surface area contributed by atoms with E-state index in [-0.39, 0.29) is 5.41 Å². The number of anilines is 1. The zero-order chi connectivity index (χ0) is 13.0. The molecule has 1 aromatic heterocycles. The number of hydrogen-bond donors (Lipinski definition) is 2. The Kier molecular flexibility index (Phi) is 4.56. The molecule has 1 saturated carbocycles. The van der Waals surface area contributed by atoms with Crippen molar-refractivity contribution in [2.45, 2.75) is 51.9 Å². The van der Waals surface area contributed by atoms with Crippen molar-refractivity contribution in [1.82, 2.24) is 9.36 Å². The molecule has 1 aliphatic carbocycles. The zero-order valence-corrected chi connectivity index (χ0v) is 12.2. The molecule has 102 valence electrons. The van der Waals surface area contributed by atoms with E-state index in [1.54, 1.807) is 0 Å². The molecule has 3 N–H and O–H groups in total. The summed E-state index contributed by atoms with van der Waals surface area (Å²) in [5.41, 5.74) is 6.26. The third-order valence-corrected chi connectivity index (χ3v) is 4.61. The first-order valence-corrected chi connectivity index (χ1v) is 7.70. The Morgan fingerprint density at radius 2 is 2.06 bits per heavy atom. The van der Waals surface area contributed by atoms with Crippen LogP contribution >= 0.6 is 11.5 Å². The van der Waals surface area contributed by atoms with Gasteiger partial charge in [-0.15, -0.1) is 0 Å². The molecule has 18 heavy (non-hydrogen) atoms. The van der Waals surface area contributed by atoms with Crippen molar-refractivity contribution in [2.75, 3.05) is 18.4 Å².